The van der Waals surface area contributed by atoms with Crippen molar-refractivity contribution >= 4 is 0 Å². The number of nitrogens with zero attached hydrogens (tertiary/aromatic N) is 1. The van der Waals surface area contributed by atoms with Crippen molar-refractivity contribution in [3.05, 3.63) is 35.4 Å². The van der Waals surface area contributed by atoms with Crippen molar-refractivity contribution in [3.63, 3.8) is 0 Å². The highest BCUT2D eigenvalue weighted by Crippen LogP contribution is 2.22. The first-order chi connectivity index (χ1) is 9.33. The van der Waals surface area contributed by atoms with Gasteiger partial charge in [0, 0.05) is 25.7 Å². The van der Waals surface area contributed by atoms with Crippen LogP contribution in [-0.2, 0) is 13.1 Å². The van der Waals surface area contributed by atoms with Crippen LogP contribution in [-0.4, -0.2) is 24.0 Å². The van der Waals surface area contributed by atoms with Crippen LogP contribution in [0.1, 0.15) is 43.7 Å². The van der Waals surface area contributed by atoms with E-state index < -0.39 is 0 Å². The van der Waals surface area contributed by atoms with Crippen LogP contribution in [0.5, 0.6) is 0 Å². The van der Waals surface area contributed by atoms with E-state index in [0.717, 1.165) is 25.0 Å². The Morgan fingerprint density at radius 2 is 2.05 bits per heavy atom. The number of hydrogen-bond donors (Lipinski definition) is 1. The summed E-state index contributed by atoms with van der Waals surface area (Å²) in [4.78, 5) is 2.61. The van der Waals surface area contributed by atoms with Gasteiger partial charge in [-0.3, -0.25) is 4.90 Å². The molecule has 1 unspecified atom stereocenters. The summed E-state index contributed by atoms with van der Waals surface area (Å²) in [6.07, 6.45) is 5.46. The summed E-state index contributed by atoms with van der Waals surface area (Å²) >= 11 is 0. The van der Waals surface area contributed by atoms with Crippen molar-refractivity contribution in [2.24, 2.45) is 5.92 Å². The van der Waals surface area contributed by atoms with Crippen LogP contribution in [0.4, 0.5) is 0 Å². The number of benzene rings is 1. The number of likely N-dealkylation sites (tertiary alicyclic amines) is 1. The molecule has 0 spiro atoms. The van der Waals surface area contributed by atoms with Crippen LogP contribution in [0.15, 0.2) is 24.3 Å². The molecule has 19 heavy (non-hydrogen) atoms. The van der Waals surface area contributed by atoms with Gasteiger partial charge in [0.25, 0.3) is 0 Å². The van der Waals surface area contributed by atoms with Crippen LogP contribution in [0.2, 0.25) is 0 Å². The predicted octanol–water partition coefficient (Wildman–Crippen LogP) is 3.17. The maximum atomic E-state index is 3.60. The topological polar surface area (TPSA) is 15.3 Å². The first kappa shape index (κ1) is 13.1. The highest BCUT2D eigenvalue weighted by Gasteiger charge is 2.21. The van der Waals surface area contributed by atoms with E-state index in [1.54, 1.807) is 0 Å². The molecule has 1 saturated carbocycles. The molecule has 0 amide bonds. The van der Waals surface area contributed by atoms with Crippen molar-refractivity contribution in [2.75, 3.05) is 13.1 Å². The molecular weight excluding hydrogens is 232 g/mol. The fraction of sp³-hybridized carbons (Fsp3) is 0.647. The Morgan fingerprint density at radius 3 is 2.79 bits per heavy atom. The minimum Gasteiger partial charge on any atom is -0.310 e. The quantitative estimate of drug-likeness (QED) is 0.843. The SMILES string of the molecule is CCC1CCN(Cc2cccc(CNC3CC3)c2)C1. The molecule has 0 radical (unpaired) electrons. The van der Waals surface area contributed by atoms with E-state index in [4.69, 9.17) is 0 Å². The molecule has 3 rings (SSSR count). The molecule has 2 nitrogen and oxygen atoms in total. The molecule has 104 valence electrons. The van der Waals surface area contributed by atoms with E-state index in [9.17, 15) is 0 Å². The fourth-order valence-corrected chi connectivity index (χ4v) is 3.04. The van der Waals surface area contributed by atoms with Gasteiger partial charge in [0.15, 0.2) is 0 Å². The fourth-order valence-electron chi connectivity index (χ4n) is 3.04. The van der Waals surface area contributed by atoms with Gasteiger partial charge in [-0.15, -0.1) is 0 Å². The lowest BCUT2D eigenvalue weighted by atomic mass is 10.1. The normalized spacial score (nSPS) is 23.9. The molecule has 1 aliphatic carbocycles. The molecule has 1 N–H and O–H groups in total. The van der Waals surface area contributed by atoms with E-state index in [2.05, 4.69) is 41.4 Å². The summed E-state index contributed by atoms with van der Waals surface area (Å²) in [5.41, 5.74) is 2.92. The van der Waals surface area contributed by atoms with Gasteiger partial charge in [-0.2, -0.15) is 0 Å². The molecule has 2 fully saturated rings. The van der Waals surface area contributed by atoms with Gasteiger partial charge in [-0.05, 0) is 42.9 Å². The molecule has 1 atom stereocenters. The second-order valence-electron chi connectivity index (χ2n) is 6.27. The minimum absolute atomic E-state index is 0.799. The average molecular weight is 258 g/mol. The number of rotatable bonds is 6. The third kappa shape index (κ3) is 3.80. The molecule has 2 heteroatoms. The highest BCUT2D eigenvalue weighted by molar-refractivity contribution is 5.23. The summed E-state index contributed by atoms with van der Waals surface area (Å²) in [6, 6.07) is 9.92. The van der Waals surface area contributed by atoms with Crippen molar-refractivity contribution in [1.82, 2.24) is 10.2 Å². The van der Waals surface area contributed by atoms with Gasteiger partial charge in [0.1, 0.15) is 0 Å². The molecule has 1 aliphatic heterocycles. The van der Waals surface area contributed by atoms with Gasteiger partial charge >= 0.3 is 0 Å². The molecule has 2 aliphatic rings. The van der Waals surface area contributed by atoms with Crippen molar-refractivity contribution < 1.29 is 0 Å². The summed E-state index contributed by atoms with van der Waals surface area (Å²) < 4.78 is 0. The highest BCUT2D eigenvalue weighted by atomic mass is 15.1. The molecule has 0 aromatic heterocycles. The summed E-state index contributed by atoms with van der Waals surface area (Å²) in [5.74, 6) is 0.930. The lowest BCUT2D eigenvalue weighted by Crippen LogP contribution is -2.20. The van der Waals surface area contributed by atoms with E-state index in [1.807, 2.05) is 0 Å². The van der Waals surface area contributed by atoms with E-state index in [1.165, 1.54) is 49.9 Å². The average Bonchev–Trinajstić information content (AvgIpc) is 3.16. The Labute approximate surface area is 117 Å². The first-order valence-electron chi connectivity index (χ1n) is 7.87. The maximum absolute atomic E-state index is 3.60. The molecule has 1 aromatic rings. The molecule has 1 aromatic carbocycles. The van der Waals surface area contributed by atoms with Crippen molar-refractivity contribution in [1.29, 1.82) is 0 Å². The third-order valence-electron chi connectivity index (χ3n) is 4.52. The minimum atomic E-state index is 0.799. The second-order valence-corrected chi connectivity index (χ2v) is 6.27. The number of hydrogen-bond acceptors (Lipinski definition) is 2. The zero-order valence-electron chi connectivity index (χ0n) is 12.1. The van der Waals surface area contributed by atoms with Gasteiger partial charge in [-0.1, -0.05) is 37.6 Å². The monoisotopic (exact) mass is 258 g/mol. The van der Waals surface area contributed by atoms with Crippen LogP contribution in [0.3, 0.4) is 0 Å². The van der Waals surface area contributed by atoms with Crippen LogP contribution in [0, 0.1) is 5.92 Å². The van der Waals surface area contributed by atoms with Crippen LogP contribution < -0.4 is 5.32 Å². The molecule has 1 saturated heterocycles. The maximum Gasteiger partial charge on any atom is 0.0233 e. The third-order valence-corrected chi connectivity index (χ3v) is 4.52. The van der Waals surface area contributed by atoms with Crippen LogP contribution >= 0.6 is 0 Å². The van der Waals surface area contributed by atoms with E-state index in [-0.39, 0.29) is 0 Å². The standard InChI is InChI=1S/C17H26N2/c1-2-14-8-9-19(12-14)13-16-5-3-4-15(10-16)11-18-17-6-7-17/h3-5,10,14,17-18H,2,6-9,11-13H2,1H3. The Hall–Kier alpha value is -0.860. The summed E-state index contributed by atoms with van der Waals surface area (Å²) in [6.45, 7) is 7.06. The van der Waals surface area contributed by atoms with E-state index >= 15 is 0 Å². The van der Waals surface area contributed by atoms with Gasteiger partial charge in [0.05, 0.1) is 0 Å². The van der Waals surface area contributed by atoms with Gasteiger partial charge < -0.3 is 5.32 Å². The summed E-state index contributed by atoms with van der Waals surface area (Å²) in [5, 5.41) is 3.60. The van der Waals surface area contributed by atoms with Gasteiger partial charge in [0.2, 0.25) is 0 Å². The smallest absolute Gasteiger partial charge is 0.0233 e. The van der Waals surface area contributed by atoms with E-state index in [0.29, 0.717) is 0 Å². The lowest BCUT2D eigenvalue weighted by molar-refractivity contribution is 0.315. The number of nitrogens with one attached hydrogen (secondary N) is 1. The zero-order chi connectivity index (χ0) is 13.1. The molecule has 0 bridgehead atoms. The second kappa shape index (κ2) is 6.06. The first-order valence-corrected chi connectivity index (χ1v) is 7.87. The van der Waals surface area contributed by atoms with Gasteiger partial charge in [-0.25, -0.2) is 0 Å². The Morgan fingerprint density at radius 1 is 1.21 bits per heavy atom. The van der Waals surface area contributed by atoms with Crippen LogP contribution in [0.25, 0.3) is 0 Å². The molecule has 1 heterocycles. The Bertz CT molecular complexity index is 411. The Balaban J connectivity index is 1.53. The molecular formula is C17H26N2. The van der Waals surface area contributed by atoms with Crippen molar-refractivity contribution in [2.45, 2.75) is 51.7 Å². The largest absolute Gasteiger partial charge is 0.310 e. The lowest BCUT2D eigenvalue weighted by Gasteiger charge is -2.16. The van der Waals surface area contributed by atoms with Crippen molar-refractivity contribution in [3.8, 4) is 0 Å². The summed E-state index contributed by atoms with van der Waals surface area (Å²) in [7, 11) is 0. The zero-order valence-corrected chi connectivity index (χ0v) is 12.1. The predicted molar refractivity (Wildman–Crippen MR) is 80.0 cm³/mol. The Kier molecular flexibility index (Phi) is 4.19.